The first-order valence-corrected chi connectivity index (χ1v) is 8.97. The standard InChI is InChI=1S/C22H29NO3/c1-16(2)19(23-20(24)26-21(3,4)5)22(25,17-12-8-6-9-13-17)18-14-10-7-11-15-18/h6-16,19,25H,1-5H3,(H,23,24). The maximum absolute atomic E-state index is 12.4. The van der Waals surface area contributed by atoms with Gasteiger partial charge in [0.1, 0.15) is 11.2 Å². The summed E-state index contributed by atoms with van der Waals surface area (Å²) < 4.78 is 5.42. The van der Waals surface area contributed by atoms with Crippen molar-refractivity contribution in [2.24, 2.45) is 5.92 Å². The SMILES string of the molecule is CC(C)C(NC(=O)OC(C)(C)C)C(O)(c1ccccc1)c1ccccc1. The zero-order valence-electron chi connectivity index (χ0n) is 16.2. The van der Waals surface area contributed by atoms with Crippen molar-refractivity contribution in [2.75, 3.05) is 0 Å². The molecule has 2 N–H and O–H groups in total. The molecule has 1 unspecified atom stereocenters. The lowest BCUT2D eigenvalue weighted by Gasteiger charge is -2.40. The van der Waals surface area contributed by atoms with Gasteiger partial charge in [-0.05, 0) is 37.8 Å². The van der Waals surface area contributed by atoms with Crippen molar-refractivity contribution in [2.45, 2.75) is 51.9 Å². The van der Waals surface area contributed by atoms with Crippen molar-refractivity contribution in [1.82, 2.24) is 5.32 Å². The van der Waals surface area contributed by atoms with Gasteiger partial charge in [-0.25, -0.2) is 4.79 Å². The molecule has 0 saturated heterocycles. The van der Waals surface area contributed by atoms with E-state index in [0.29, 0.717) is 0 Å². The molecular weight excluding hydrogens is 326 g/mol. The third-order valence-corrected chi connectivity index (χ3v) is 4.22. The fraction of sp³-hybridized carbons (Fsp3) is 0.409. The molecule has 0 heterocycles. The van der Waals surface area contributed by atoms with E-state index in [1.54, 1.807) is 0 Å². The quantitative estimate of drug-likeness (QED) is 0.832. The number of carbonyl (C=O) groups excluding carboxylic acids is 1. The van der Waals surface area contributed by atoms with Crippen molar-refractivity contribution >= 4 is 6.09 Å². The Morgan fingerprint density at radius 3 is 1.69 bits per heavy atom. The Morgan fingerprint density at radius 1 is 0.923 bits per heavy atom. The average molecular weight is 355 g/mol. The van der Waals surface area contributed by atoms with Gasteiger partial charge in [0.25, 0.3) is 0 Å². The topological polar surface area (TPSA) is 58.6 Å². The van der Waals surface area contributed by atoms with Gasteiger partial charge in [-0.1, -0.05) is 74.5 Å². The fourth-order valence-corrected chi connectivity index (χ4v) is 3.10. The van der Waals surface area contributed by atoms with Gasteiger partial charge < -0.3 is 15.2 Å². The van der Waals surface area contributed by atoms with Crippen LogP contribution in [0, 0.1) is 5.92 Å². The van der Waals surface area contributed by atoms with Gasteiger partial charge >= 0.3 is 6.09 Å². The van der Waals surface area contributed by atoms with E-state index in [-0.39, 0.29) is 5.92 Å². The average Bonchev–Trinajstić information content (AvgIpc) is 2.59. The van der Waals surface area contributed by atoms with Crippen LogP contribution >= 0.6 is 0 Å². The summed E-state index contributed by atoms with van der Waals surface area (Å²) in [6.07, 6.45) is -0.540. The molecule has 0 aliphatic carbocycles. The lowest BCUT2D eigenvalue weighted by molar-refractivity contribution is 0.00406. The first-order chi connectivity index (χ1) is 12.1. The number of nitrogens with one attached hydrogen (secondary N) is 1. The number of hydrogen-bond acceptors (Lipinski definition) is 3. The number of hydrogen-bond donors (Lipinski definition) is 2. The number of ether oxygens (including phenoxy) is 1. The van der Waals surface area contributed by atoms with Crippen LogP contribution in [0.4, 0.5) is 4.79 Å². The van der Waals surface area contributed by atoms with Crippen LogP contribution in [0.15, 0.2) is 60.7 Å². The number of amides is 1. The summed E-state index contributed by atoms with van der Waals surface area (Å²) >= 11 is 0. The molecule has 140 valence electrons. The van der Waals surface area contributed by atoms with Gasteiger partial charge in [0, 0.05) is 0 Å². The molecule has 0 aromatic heterocycles. The minimum atomic E-state index is -1.38. The third-order valence-electron chi connectivity index (χ3n) is 4.22. The Bertz CT molecular complexity index is 666. The highest BCUT2D eigenvalue weighted by molar-refractivity contribution is 5.68. The van der Waals surface area contributed by atoms with Crippen LogP contribution in [0.3, 0.4) is 0 Å². The first-order valence-electron chi connectivity index (χ1n) is 8.97. The summed E-state index contributed by atoms with van der Waals surface area (Å²) in [7, 11) is 0. The molecule has 26 heavy (non-hydrogen) atoms. The molecule has 4 heteroatoms. The van der Waals surface area contributed by atoms with Crippen molar-refractivity contribution in [3.63, 3.8) is 0 Å². The summed E-state index contributed by atoms with van der Waals surface area (Å²) in [5.41, 5.74) is -0.543. The minimum Gasteiger partial charge on any atom is -0.444 e. The summed E-state index contributed by atoms with van der Waals surface area (Å²) in [5, 5.41) is 14.8. The van der Waals surface area contributed by atoms with Crippen molar-refractivity contribution in [1.29, 1.82) is 0 Å². The van der Waals surface area contributed by atoms with Crippen molar-refractivity contribution in [3.05, 3.63) is 71.8 Å². The van der Waals surface area contributed by atoms with E-state index in [0.717, 1.165) is 11.1 Å². The van der Waals surface area contributed by atoms with E-state index in [9.17, 15) is 9.90 Å². The van der Waals surface area contributed by atoms with Crippen LogP contribution in [0.1, 0.15) is 45.7 Å². The Kier molecular flexibility index (Phi) is 6.09. The summed E-state index contributed by atoms with van der Waals surface area (Å²) in [6, 6.07) is 18.3. The molecule has 0 radical (unpaired) electrons. The Labute approximate surface area is 156 Å². The van der Waals surface area contributed by atoms with Crippen LogP contribution < -0.4 is 5.32 Å². The summed E-state index contributed by atoms with van der Waals surface area (Å²) in [6.45, 7) is 9.39. The molecule has 2 aromatic carbocycles. The van der Waals surface area contributed by atoms with Crippen LogP contribution in [0.25, 0.3) is 0 Å². The fourth-order valence-electron chi connectivity index (χ4n) is 3.10. The molecule has 2 aromatic rings. The van der Waals surface area contributed by atoms with Gasteiger partial charge in [0.05, 0.1) is 6.04 Å². The number of carbonyl (C=O) groups is 1. The number of aliphatic hydroxyl groups is 1. The zero-order valence-corrected chi connectivity index (χ0v) is 16.2. The lowest BCUT2D eigenvalue weighted by Crippen LogP contribution is -2.55. The Morgan fingerprint density at radius 2 is 1.35 bits per heavy atom. The monoisotopic (exact) mass is 355 g/mol. The molecule has 0 aliphatic heterocycles. The van der Waals surface area contributed by atoms with E-state index in [1.165, 1.54) is 0 Å². The number of rotatable bonds is 5. The second-order valence-electron chi connectivity index (χ2n) is 7.87. The van der Waals surface area contributed by atoms with Crippen LogP contribution in [0.2, 0.25) is 0 Å². The summed E-state index contributed by atoms with van der Waals surface area (Å²) in [4.78, 5) is 12.4. The van der Waals surface area contributed by atoms with E-state index in [4.69, 9.17) is 4.74 Å². The summed E-state index contributed by atoms with van der Waals surface area (Å²) in [5.74, 6) is -0.0343. The van der Waals surface area contributed by atoms with Crippen LogP contribution in [-0.4, -0.2) is 22.8 Å². The molecule has 1 amide bonds. The predicted molar refractivity (Wildman–Crippen MR) is 104 cm³/mol. The van der Waals surface area contributed by atoms with E-state index in [1.807, 2.05) is 95.3 Å². The van der Waals surface area contributed by atoms with E-state index >= 15 is 0 Å². The third kappa shape index (κ3) is 4.64. The Hall–Kier alpha value is -2.33. The highest BCUT2D eigenvalue weighted by Gasteiger charge is 2.43. The molecule has 0 fully saturated rings. The molecule has 1 atom stereocenters. The molecule has 2 rings (SSSR count). The van der Waals surface area contributed by atoms with Gasteiger partial charge in [-0.2, -0.15) is 0 Å². The Balaban J connectivity index is 2.49. The minimum absolute atomic E-state index is 0.0343. The van der Waals surface area contributed by atoms with Gasteiger partial charge in [0.15, 0.2) is 0 Å². The number of benzene rings is 2. The molecule has 0 spiro atoms. The van der Waals surface area contributed by atoms with E-state index in [2.05, 4.69) is 5.32 Å². The highest BCUT2D eigenvalue weighted by Crippen LogP contribution is 2.36. The molecule has 4 nitrogen and oxygen atoms in total. The second-order valence-corrected chi connectivity index (χ2v) is 7.87. The maximum Gasteiger partial charge on any atom is 0.408 e. The lowest BCUT2D eigenvalue weighted by atomic mass is 9.76. The largest absolute Gasteiger partial charge is 0.444 e. The van der Waals surface area contributed by atoms with Crippen molar-refractivity contribution < 1.29 is 14.6 Å². The smallest absolute Gasteiger partial charge is 0.408 e. The second kappa shape index (κ2) is 7.92. The molecular formula is C22H29NO3. The van der Waals surface area contributed by atoms with Gasteiger partial charge in [0.2, 0.25) is 0 Å². The highest BCUT2D eigenvalue weighted by atomic mass is 16.6. The molecule has 0 aliphatic rings. The molecule has 0 saturated carbocycles. The first kappa shape index (κ1) is 20.0. The maximum atomic E-state index is 12.4. The van der Waals surface area contributed by atoms with Crippen LogP contribution in [-0.2, 0) is 10.3 Å². The predicted octanol–water partition coefficient (Wildman–Crippen LogP) is 4.47. The van der Waals surface area contributed by atoms with Crippen LogP contribution in [0.5, 0.6) is 0 Å². The van der Waals surface area contributed by atoms with Gasteiger partial charge in [-0.15, -0.1) is 0 Å². The van der Waals surface area contributed by atoms with E-state index < -0.39 is 23.3 Å². The van der Waals surface area contributed by atoms with Gasteiger partial charge in [-0.3, -0.25) is 0 Å². The zero-order chi connectivity index (χ0) is 19.4. The molecule has 0 bridgehead atoms. The number of alkyl carbamates (subject to hydrolysis) is 1. The van der Waals surface area contributed by atoms with Crippen molar-refractivity contribution in [3.8, 4) is 0 Å². The normalized spacial score (nSPS) is 13.3.